The van der Waals surface area contributed by atoms with E-state index in [1.54, 1.807) is 0 Å². The van der Waals surface area contributed by atoms with Crippen LogP contribution in [-0.4, -0.2) is 37.4 Å². The first kappa shape index (κ1) is 17.7. The number of aliphatic hydroxyl groups excluding tert-OH is 1. The number of ether oxygens (including phenoxy) is 1. The summed E-state index contributed by atoms with van der Waals surface area (Å²) in [7, 11) is 1.52. The predicted molar refractivity (Wildman–Crippen MR) is 84.5 cm³/mol. The average Bonchev–Trinajstić information content (AvgIpc) is 2.45. The monoisotopic (exact) mass is 293 g/mol. The lowest BCUT2D eigenvalue weighted by atomic mass is 9.94. The minimum absolute atomic E-state index is 0.0504. The number of aliphatic hydroxyl groups is 1. The second-order valence-electron chi connectivity index (χ2n) is 5.84. The zero-order chi connectivity index (χ0) is 15.8. The fourth-order valence-electron chi connectivity index (χ4n) is 2.16. The Morgan fingerprint density at radius 1 is 1.19 bits per heavy atom. The minimum Gasteiger partial charge on any atom is -0.389 e. The van der Waals surface area contributed by atoms with Crippen molar-refractivity contribution in [1.29, 1.82) is 0 Å². The molecule has 2 atom stereocenters. The lowest BCUT2D eigenvalue weighted by molar-refractivity contribution is -0.122. The summed E-state index contributed by atoms with van der Waals surface area (Å²) in [6.07, 6.45) is -0.236. The maximum atomic E-state index is 11.8. The molecular weight excluding hydrogens is 266 g/mol. The van der Waals surface area contributed by atoms with E-state index >= 15 is 0 Å². The van der Waals surface area contributed by atoms with Crippen LogP contribution in [-0.2, 0) is 9.53 Å². The second-order valence-corrected chi connectivity index (χ2v) is 5.84. The van der Waals surface area contributed by atoms with Crippen molar-refractivity contribution in [3.63, 3.8) is 0 Å². The van der Waals surface area contributed by atoms with E-state index in [1.165, 1.54) is 12.7 Å². The molecule has 0 aliphatic rings. The molecule has 0 bridgehead atoms. The van der Waals surface area contributed by atoms with Gasteiger partial charge in [0, 0.05) is 20.1 Å². The maximum Gasteiger partial charge on any atom is 0.220 e. The molecule has 1 aromatic rings. The van der Waals surface area contributed by atoms with E-state index in [0.29, 0.717) is 12.3 Å². The second kappa shape index (κ2) is 8.80. The van der Waals surface area contributed by atoms with Crippen LogP contribution in [0.3, 0.4) is 0 Å². The van der Waals surface area contributed by atoms with Crippen molar-refractivity contribution in [2.24, 2.45) is 0 Å². The van der Waals surface area contributed by atoms with Crippen LogP contribution in [0.2, 0.25) is 0 Å². The third kappa shape index (κ3) is 6.27. The third-order valence-electron chi connectivity index (χ3n) is 3.56. The third-order valence-corrected chi connectivity index (χ3v) is 3.56. The van der Waals surface area contributed by atoms with Gasteiger partial charge in [-0.15, -0.1) is 0 Å². The van der Waals surface area contributed by atoms with Gasteiger partial charge in [0.25, 0.3) is 0 Å². The number of hydrogen-bond donors (Lipinski definition) is 2. The van der Waals surface area contributed by atoms with Gasteiger partial charge in [-0.05, 0) is 23.0 Å². The Kier molecular flexibility index (Phi) is 7.40. The van der Waals surface area contributed by atoms with Gasteiger partial charge in [-0.3, -0.25) is 4.79 Å². The van der Waals surface area contributed by atoms with E-state index in [4.69, 9.17) is 4.74 Å². The Morgan fingerprint density at radius 2 is 1.76 bits per heavy atom. The van der Waals surface area contributed by atoms with Crippen LogP contribution in [0.15, 0.2) is 24.3 Å². The number of amides is 1. The molecule has 0 spiro atoms. The molecule has 4 heteroatoms. The molecule has 21 heavy (non-hydrogen) atoms. The molecule has 0 aromatic heterocycles. The number of carbonyl (C=O) groups is 1. The van der Waals surface area contributed by atoms with Crippen molar-refractivity contribution in [3.8, 4) is 0 Å². The van der Waals surface area contributed by atoms with E-state index in [2.05, 4.69) is 43.4 Å². The van der Waals surface area contributed by atoms with Crippen molar-refractivity contribution in [1.82, 2.24) is 5.32 Å². The summed E-state index contributed by atoms with van der Waals surface area (Å²) in [4.78, 5) is 11.8. The molecular formula is C17H27NO3. The smallest absolute Gasteiger partial charge is 0.220 e. The largest absolute Gasteiger partial charge is 0.389 e. The number of hydrogen-bond acceptors (Lipinski definition) is 3. The summed E-state index contributed by atoms with van der Waals surface area (Å²) in [5, 5.41) is 12.2. The van der Waals surface area contributed by atoms with Gasteiger partial charge in [0.05, 0.1) is 12.7 Å². The Bertz CT molecular complexity index is 428. The van der Waals surface area contributed by atoms with E-state index in [1.807, 2.05) is 6.92 Å². The predicted octanol–water partition coefficient (Wildman–Crippen LogP) is 2.43. The molecule has 1 amide bonds. The van der Waals surface area contributed by atoms with Gasteiger partial charge in [-0.1, -0.05) is 45.0 Å². The first-order valence-corrected chi connectivity index (χ1v) is 7.47. The Hall–Kier alpha value is -1.39. The highest BCUT2D eigenvalue weighted by Crippen LogP contribution is 2.22. The van der Waals surface area contributed by atoms with Crippen molar-refractivity contribution >= 4 is 5.91 Å². The highest BCUT2D eigenvalue weighted by atomic mass is 16.5. The summed E-state index contributed by atoms with van der Waals surface area (Å²) in [5.74, 6) is 0.622. The van der Waals surface area contributed by atoms with Gasteiger partial charge in [0.15, 0.2) is 0 Å². The van der Waals surface area contributed by atoms with Crippen molar-refractivity contribution in [2.45, 2.75) is 45.1 Å². The van der Waals surface area contributed by atoms with Crippen molar-refractivity contribution < 1.29 is 14.6 Å². The van der Waals surface area contributed by atoms with Crippen LogP contribution in [0.25, 0.3) is 0 Å². The first-order valence-electron chi connectivity index (χ1n) is 7.47. The topological polar surface area (TPSA) is 58.6 Å². The van der Waals surface area contributed by atoms with E-state index in [9.17, 15) is 9.90 Å². The molecule has 0 saturated carbocycles. The summed E-state index contributed by atoms with van der Waals surface area (Å²) in [6, 6.07) is 8.42. The standard InChI is InChI=1S/C17H27NO3/c1-12(2)14-5-7-15(8-6-14)13(3)9-17(20)18-10-16(19)11-21-4/h5-8,12-13,16,19H,9-11H2,1-4H3,(H,18,20). The maximum absolute atomic E-state index is 11.8. The van der Waals surface area contributed by atoms with Crippen LogP contribution < -0.4 is 5.32 Å². The normalized spacial score (nSPS) is 14.0. The number of rotatable bonds is 8. The molecule has 0 radical (unpaired) electrons. The van der Waals surface area contributed by atoms with Crippen molar-refractivity contribution in [2.75, 3.05) is 20.3 Å². The summed E-state index contributed by atoms with van der Waals surface area (Å²) in [5.41, 5.74) is 2.46. The molecule has 1 rings (SSSR count). The molecule has 1 aromatic carbocycles. The zero-order valence-corrected chi connectivity index (χ0v) is 13.4. The lowest BCUT2D eigenvalue weighted by Crippen LogP contribution is -2.34. The molecule has 0 aliphatic heterocycles. The van der Waals surface area contributed by atoms with Gasteiger partial charge in [-0.2, -0.15) is 0 Å². The molecule has 0 saturated heterocycles. The summed E-state index contributed by atoms with van der Waals surface area (Å²) >= 11 is 0. The molecule has 118 valence electrons. The lowest BCUT2D eigenvalue weighted by Gasteiger charge is -2.15. The average molecular weight is 293 g/mol. The fourth-order valence-corrected chi connectivity index (χ4v) is 2.16. The molecule has 0 fully saturated rings. The number of nitrogens with one attached hydrogen (secondary N) is 1. The van der Waals surface area contributed by atoms with Crippen LogP contribution >= 0.6 is 0 Å². The molecule has 0 aliphatic carbocycles. The highest BCUT2D eigenvalue weighted by molar-refractivity contribution is 5.76. The van der Waals surface area contributed by atoms with Gasteiger partial charge in [-0.25, -0.2) is 0 Å². The number of benzene rings is 1. The molecule has 2 unspecified atom stereocenters. The minimum atomic E-state index is -0.653. The molecule has 2 N–H and O–H groups in total. The van der Waals surface area contributed by atoms with Gasteiger partial charge in [0.2, 0.25) is 5.91 Å². The van der Waals surface area contributed by atoms with Crippen LogP contribution in [0.1, 0.15) is 50.2 Å². The Balaban J connectivity index is 2.44. The summed E-state index contributed by atoms with van der Waals surface area (Å²) < 4.78 is 4.82. The number of carbonyl (C=O) groups excluding carboxylic acids is 1. The highest BCUT2D eigenvalue weighted by Gasteiger charge is 2.13. The first-order chi connectivity index (χ1) is 9.93. The Labute approximate surface area is 127 Å². The van der Waals surface area contributed by atoms with Gasteiger partial charge < -0.3 is 15.2 Å². The van der Waals surface area contributed by atoms with Gasteiger partial charge >= 0.3 is 0 Å². The van der Waals surface area contributed by atoms with Crippen LogP contribution in [0.4, 0.5) is 0 Å². The van der Waals surface area contributed by atoms with Crippen molar-refractivity contribution in [3.05, 3.63) is 35.4 Å². The van der Waals surface area contributed by atoms with E-state index < -0.39 is 6.10 Å². The number of methoxy groups -OCH3 is 1. The fraction of sp³-hybridized carbons (Fsp3) is 0.588. The van der Waals surface area contributed by atoms with Crippen LogP contribution in [0, 0.1) is 0 Å². The van der Waals surface area contributed by atoms with Gasteiger partial charge in [0.1, 0.15) is 0 Å². The van der Waals surface area contributed by atoms with Crippen LogP contribution in [0.5, 0.6) is 0 Å². The van der Waals surface area contributed by atoms with E-state index in [-0.39, 0.29) is 25.0 Å². The SMILES string of the molecule is COCC(O)CNC(=O)CC(C)c1ccc(C(C)C)cc1. The quantitative estimate of drug-likeness (QED) is 0.774. The zero-order valence-electron chi connectivity index (χ0n) is 13.4. The van der Waals surface area contributed by atoms with E-state index in [0.717, 1.165) is 5.56 Å². The molecule has 4 nitrogen and oxygen atoms in total. The molecule has 0 heterocycles. The summed E-state index contributed by atoms with van der Waals surface area (Å²) in [6.45, 7) is 6.82. The Morgan fingerprint density at radius 3 is 2.29 bits per heavy atom.